The van der Waals surface area contributed by atoms with Crippen LogP contribution in [0.15, 0.2) is 60.8 Å². The highest BCUT2D eigenvalue weighted by Crippen LogP contribution is 2.20. The zero-order chi connectivity index (χ0) is 57.1. The van der Waals surface area contributed by atoms with E-state index in [-0.39, 0.29) is 83.3 Å². The molecular formula is C51H76N14O12S. The van der Waals surface area contributed by atoms with Crippen molar-refractivity contribution in [3.8, 4) is 0 Å². The molecule has 3 aromatic rings. The van der Waals surface area contributed by atoms with Gasteiger partial charge in [0, 0.05) is 95.1 Å². The summed E-state index contributed by atoms with van der Waals surface area (Å²) in [7, 11) is 0. The van der Waals surface area contributed by atoms with Crippen molar-refractivity contribution in [1.29, 1.82) is 0 Å². The number of rotatable bonds is 30. The lowest BCUT2D eigenvalue weighted by molar-refractivity contribution is -0.140. The number of aliphatic hydroxyl groups is 2. The molecule has 16 N–H and O–H groups in total. The molecule has 2 aromatic carbocycles. The van der Waals surface area contributed by atoms with Crippen LogP contribution in [0.4, 0.5) is 10.5 Å². The third-order valence-corrected chi connectivity index (χ3v) is 13.2. The van der Waals surface area contributed by atoms with Crippen LogP contribution >= 0.6 is 12.2 Å². The highest BCUT2D eigenvalue weighted by Gasteiger charge is 2.28. The predicted molar refractivity (Wildman–Crippen MR) is 293 cm³/mol. The van der Waals surface area contributed by atoms with E-state index in [1.807, 2.05) is 74.2 Å². The fraction of sp³-hybridized carbons (Fsp3) is 0.529. The Kier molecular flexibility index (Phi) is 27.0. The molecule has 0 bridgehead atoms. The number of nitrogens with zero attached hydrogens (tertiary/aromatic N) is 6. The molecule has 1 fully saturated rings. The molecule has 3 atom stereocenters. The van der Waals surface area contributed by atoms with Gasteiger partial charge < -0.3 is 69.5 Å². The molecule has 1 saturated heterocycles. The van der Waals surface area contributed by atoms with E-state index in [1.165, 1.54) is 0 Å². The molecular weight excluding hydrogens is 1030 g/mol. The number of hydrogen-bond acceptors (Lipinski definition) is 16. The second-order valence-corrected chi connectivity index (χ2v) is 19.7. The van der Waals surface area contributed by atoms with Crippen molar-refractivity contribution in [2.75, 3.05) is 90.4 Å². The molecule has 0 radical (unpaired) electrons. The number of aromatic nitrogens is 1. The minimum absolute atomic E-state index is 0.0209. The molecule has 27 heteroatoms. The Hall–Kier alpha value is -7.14. The van der Waals surface area contributed by atoms with Crippen molar-refractivity contribution in [3.05, 3.63) is 72.1 Å². The maximum atomic E-state index is 13.8. The number of fused-ring (bicyclic) bond motifs is 1. The molecule has 428 valence electrons. The molecule has 1 aromatic heterocycles. The number of aliphatic carboxylic acids is 2. The summed E-state index contributed by atoms with van der Waals surface area (Å²) >= 11 is 5.60. The summed E-state index contributed by atoms with van der Waals surface area (Å²) in [5, 5.41) is 50.4. The molecule has 0 saturated carbocycles. The lowest BCUT2D eigenvalue weighted by atomic mass is 10.0. The molecule has 0 spiro atoms. The number of nitrogens with two attached hydrogens (primary N) is 4. The molecule has 4 rings (SSSR count). The smallest absolute Gasteiger partial charge is 0.326 e. The van der Waals surface area contributed by atoms with E-state index in [0.717, 1.165) is 16.3 Å². The third-order valence-electron chi connectivity index (χ3n) is 13.0. The Morgan fingerprint density at radius 2 is 1.26 bits per heavy atom. The van der Waals surface area contributed by atoms with Crippen LogP contribution in [0.5, 0.6) is 0 Å². The van der Waals surface area contributed by atoms with Crippen LogP contribution < -0.4 is 44.2 Å². The standard InChI is InChI=1S/C51H76N14O12S/c52-42(66)30-61-21-22-62(31-43(53)67)25-26-64(33-45(55)69)37(28-63(24-23-61)32-44(54)68)27-34-11-13-36(14-12-34)58-51(78)57-18-5-3-10-46(70)65(29-41-38-8-2-1-7-35(38)17-19-56-41)20-6-4-9-39(48(73)74)59-50(77)60-40(49(75)76)15-16-47(71)72/h1-2,7-8,11-14,17,19,37,39-40,47,71-72H,3-6,9-10,15-16,18,20-33H2,(H2,52,66)(H2,53,67)(H2,54,68)(H2,55,69)(H,73,74)(H,75,76)(H2,57,58,78)(H2,59,60,77)/t37?,39?,40-/m1/s1. The Bertz CT molecular complexity index is 2490. The van der Waals surface area contributed by atoms with Gasteiger partial charge in [0.2, 0.25) is 29.5 Å². The van der Waals surface area contributed by atoms with Crippen molar-refractivity contribution >= 4 is 81.3 Å². The number of amides is 7. The molecule has 1 aliphatic heterocycles. The number of carbonyl (C=O) groups excluding carboxylic acids is 6. The van der Waals surface area contributed by atoms with Crippen LogP contribution in [0.3, 0.4) is 0 Å². The number of nitrogens with one attached hydrogen (secondary N) is 4. The minimum Gasteiger partial charge on any atom is -0.480 e. The number of carboxylic acids is 2. The van der Waals surface area contributed by atoms with E-state index in [1.54, 1.807) is 11.1 Å². The number of aliphatic hydroxyl groups excluding tert-OH is 1. The first kappa shape index (κ1) is 63.4. The zero-order valence-electron chi connectivity index (χ0n) is 43.8. The molecule has 26 nitrogen and oxygen atoms in total. The fourth-order valence-electron chi connectivity index (χ4n) is 9.02. The molecule has 78 heavy (non-hydrogen) atoms. The lowest BCUT2D eigenvalue weighted by Crippen LogP contribution is -2.54. The first-order valence-electron chi connectivity index (χ1n) is 25.8. The van der Waals surface area contributed by atoms with Crippen LogP contribution in [0.25, 0.3) is 10.8 Å². The molecule has 2 heterocycles. The highest BCUT2D eigenvalue weighted by atomic mass is 32.1. The predicted octanol–water partition coefficient (Wildman–Crippen LogP) is -1.74. The van der Waals surface area contributed by atoms with Gasteiger partial charge in [-0.25, -0.2) is 14.4 Å². The first-order valence-corrected chi connectivity index (χ1v) is 26.2. The van der Waals surface area contributed by atoms with Gasteiger partial charge in [-0.2, -0.15) is 0 Å². The van der Waals surface area contributed by atoms with Crippen LogP contribution in [-0.4, -0.2) is 212 Å². The van der Waals surface area contributed by atoms with E-state index in [0.29, 0.717) is 94.5 Å². The normalized spacial score (nSPS) is 16.0. The maximum Gasteiger partial charge on any atom is 0.326 e. The first-order chi connectivity index (χ1) is 37.1. The fourth-order valence-corrected chi connectivity index (χ4v) is 9.24. The number of primary amides is 4. The molecule has 1 aliphatic rings. The topological polar surface area (TPSA) is 399 Å². The number of anilines is 1. The lowest BCUT2D eigenvalue weighted by Gasteiger charge is -2.38. The van der Waals surface area contributed by atoms with Gasteiger partial charge in [0.1, 0.15) is 12.1 Å². The van der Waals surface area contributed by atoms with Gasteiger partial charge in [0.25, 0.3) is 0 Å². The SMILES string of the molecule is NC(=O)CN1CCN(CC(N)=O)CCN(CC(N)=O)C(Cc2ccc(NC(=S)NCCCCC(=O)N(CCCCC(NC(=O)N[C@H](CCC(O)O)C(=O)O)C(=O)O)Cc3nccc4ccccc34)cc2)CN(CC(N)=O)CC1. The van der Waals surface area contributed by atoms with Gasteiger partial charge >= 0.3 is 18.0 Å². The van der Waals surface area contributed by atoms with E-state index in [4.69, 9.17) is 45.4 Å². The van der Waals surface area contributed by atoms with Crippen molar-refractivity contribution in [2.45, 2.75) is 88.7 Å². The maximum absolute atomic E-state index is 13.8. The van der Waals surface area contributed by atoms with Gasteiger partial charge in [-0.05, 0) is 86.3 Å². The second kappa shape index (κ2) is 33.2. The number of hydrogen-bond donors (Lipinski definition) is 12. The summed E-state index contributed by atoms with van der Waals surface area (Å²) in [5.41, 5.74) is 24.8. The number of carbonyl (C=O) groups is 8. The second-order valence-electron chi connectivity index (χ2n) is 19.3. The highest BCUT2D eigenvalue weighted by molar-refractivity contribution is 7.80. The molecule has 2 unspecified atom stereocenters. The number of pyridine rings is 1. The van der Waals surface area contributed by atoms with Crippen LogP contribution in [-0.2, 0) is 46.5 Å². The largest absolute Gasteiger partial charge is 0.480 e. The van der Waals surface area contributed by atoms with E-state index >= 15 is 0 Å². The summed E-state index contributed by atoms with van der Waals surface area (Å²) in [6.45, 7) is 3.18. The average molecular weight is 1110 g/mol. The molecule has 0 aliphatic carbocycles. The zero-order valence-corrected chi connectivity index (χ0v) is 44.6. The Labute approximate surface area is 458 Å². The summed E-state index contributed by atoms with van der Waals surface area (Å²) < 4.78 is 0. The van der Waals surface area contributed by atoms with Crippen LogP contribution in [0.1, 0.15) is 62.6 Å². The van der Waals surface area contributed by atoms with Crippen molar-refractivity contribution in [3.63, 3.8) is 0 Å². The van der Waals surface area contributed by atoms with Gasteiger partial charge in [-0.1, -0.05) is 36.4 Å². The van der Waals surface area contributed by atoms with E-state index in [9.17, 15) is 48.6 Å². The van der Waals surface area contributed by atoms with Crippen molar-refractivity contribution < 1.29 is 58.8 Å². The van der Waals surface area contributed by atoms with Crippen molar-refractivity contribution in [2.24, 2.45) is 22.9 Å². The summed E-state index contributed by atoms with van der Waals surface area (Å²) in [6.07, 6.45) is 1.64. The number of urea groups is 1. The third kappa shape index (κ3) is 24.0. The van der Waals surface area contributed by atoms with E-state index < -0.39 is 60.0 Å². The Morgan fingerprint density at radius 3 is 1.86 bits per heavy atom. The number of unbranched alkanes of at least 4 members (excludes halogenated alkanes) is 2. The van der Waals surface area contributed by atoms with Gasteiger partial charge in [-0.15, -0.1) is 0 Å². The van der Waals surface area contributed by atoms with Gasteiger partial charge in [-0.3, -0.25) is 48.6 Å². The van der Waals surface area contributed by atoms with Gasteiger partial charge in [0.15, 0.2) is 11.4 Å². The molecule has 7 amide bonds. The van der Waals surface area contributed by atoms with Crippen LogP contribution in [0.2, 0.25) is 0 Å². The summed E-state index contributed by atoms with van der Waals surface area (Å²) in [6, 6.07) is 12.8. The van der Waals surface area contributed by atoms with Gasteiger partial charge in [0.05, 0.1) is 38.4 Å². The Balaban J connectivity index is 1.34. The average Bonchev–Trinajstić information content (AvgIpc) is 3.37. The minimum atomic E-state index is -1.78. The number of benzene rings is 2. The number of thiocarbonyl (C=S) groups is 1. The monoisotopic (exact) mass is 1110 g/mol. The van der Waals surface area contributed by atoms with Crippen molar-refractivity contribution in [1.82, 2.24) is 45.4 Å². The Morgan fingerprint density at radius 1 is 0.679 bits per heavy atom. The quantitative estimate of drug-likeness (QED) is 0.0200. The van der Waals surface area contributed by atoms with E-state index in [2.05, 4.69) is 26.3 Å². The summed E-state index contributed by atoms with van der Waals surface area (Å²) in [4.78, 5) is 112. The number of carboxylic acid groups (broad SMARTS) is 2. The summed E-state index contributed by atoms with van der Waals surface area (Å²) in [5.74, 6) is -5.06. The van der Waals surface area contributed by atoms with Crippen LogP contribution in [0, 0.1) is 0 Å².